The minimum Gasteiger partial charge on any atom is -0.475 e. The molecular formula is C27H30F3N3O3. The van der Waals surface area contributed by atoms with Crippen molar-refractivity contribution in [1.82, 2.24) is 15.1 Å². The Morgan fingerprint density at radius 3 is 2.36 bits per heavy atom. The number of hydrogen-bond acceptors (Lipinski definition) is 4. The summed E-state index contributed by atoms with van der Waals surface area (Å²) in [5.41, 5.74) is 8.86. The number of halogens is 3. The van der Waals surface area contributed by atoms with Crippen molar-refractivity contribution in [1.29, 1.82) is 0 Å². The summed E-state index contributed by atoms with van der Waals surface area (Å²) in [6.07, 6.45) is -1.32. The molecule has 4 rings (SSSR count). The van der Waals surface area contributed by atoms with E-state index in [2.05, 4.69) is 68.1 Å². The highest BCUT2D eigenvalue weighted by Gasteiger charge is 2.38. The molecule has 0 saturated heterocycles. The second-order valence-corrected chi connectivity index (χ2v) is 8.71. The first-order valence-electron chi connectivity index (χ1n) is 11.5. The molecule has 0 radical (unpaired) electrons. The van der Waals surface area contributed by atoms with Gasteiger partial charge in [-0.3, -0.25) is 4.68 Å². The van der Waals surface area contributed by atoms with Crippen LogP contribution in [0.4, 0.5) is 13.2 Å². The van der Waals surface area contributed by atoms with E-state index in [9.17, 15) is 13.2 Å². The van der Waals surface area contributed by atoms with E-state index < -0.39 is 12.1 Å². The van der Waals surface area contributed by atoms with Crippen molar-refractivity contribution in [3.8, 4) is 11.1 Å². The van der Waals surface area contributed by atoms with E-state index in [0.717, 1.165) is 37.2 Å². The quantitative estimate of drug-likeness (QED) is 0.299. The van der Waals surface area contributed by atoms with Crippen LogP contribution in [0.5, 0.6) is 0 Å². The van der Waals surface area contributed by atoms with E-state index in [1.54, 1.807) is 6.26 Å². The molecule has 192 valence electrons. The van der Waals surface area contributed by atoms with Gasteiger partial charge in [0.1, 0.15) is 11.3 Å². The summed E-state index contributed by atoms with van der Waals surface area (Å²) in [4.78, 5) is 8.90. The molecule has 0 unspecified atom stereocenters. The molecule has 0 saturated carbocycles. The summed E-state index contributed by atoms with van der Waals surface area (Å²) in [7, 11) is 2.06. The highest BCUT2D eigenvalue weighted by Crippen LogP contribution is 2.34. The molecule has 2 N–H and O–H groups in total. The molecular weight excluding hydrogens is 471 g/mol. The molecule has 0 spiro atoms. The van der Waals surface area contributed by atoms with Gasteiger partial charge in [-0.2, -0.15) is 18.3 Å². The third-order valence-electron chi connectivity index (χ3n) is 5.82. The van der Waals surface area contributed by atoms with Gasteiger partial charge in [0.25, 0.3) is 0 Å². The smallest absolute Gasteiger partial charge is 0.475 e. The second-order valence-electron chi connectivity index (χ2n) is 8.71. The Kier molecular flexibility index (Phi) is 8.57. The van der Waals surface area contributed by atoms with Crippen molar-refractivity contribution in [3.63, 3.8) is 0 Å². The fourth-order valence-electron chi connectivity index (χ4n) is 4.38. The number of aromatic nitrogens is 2. The highest BCUT2D eigenvalue weighted by molar-refractivity contribution is 5.96. The van der Waals surface area contributed by atoms with Crippen molar-refractivity contribution >= 4 is 16.9 Å². The molecule has 0 atom stereocenters. The van der Waals surface area contributed by atoms with Gasteiger partial charge in [0.2, 0.25) is 0 Å². The molecule has 0 aliphatic carbocycles. The van der Waals surface area contributed by atoms with E-state index in [1.807, 2.05) is 12.1 Å². The number of aryl methyl sites for hydroxylation is 5. The minimum absolute atomic E-state index is 0.773. The molecule has 36 heavy (non-hydrogen) atoms. The Bertz CT molecular complexity index is 1300. The lowest BCUT2D eigenvalue weighted by atomic mass is 9.92. The topological polar surface area (TPSA) is 80.3 Å². The number of carboxylic acid groups (broad SMARTS) is 1. The van der Waals surface area contributed by atoms with Gasteiger partial charge in [-0.1, -0.05) is 35.9 Å². The first-order valence-corrected chi connectivity index (χ1v) is 11.5. The number of hydrogen-bond donors (Lipinski definition) is 2. The third kappa shape index (κ3) is 6.54. The molecule has 0 amide bonds. The summed E-state index contributed by atoms with van der Waals surface area (Å²) in [5, 5.41) is 16.8. The number of furan rings is 1. The number of aliphatic carboxylic acids is 1. The van der Waals surface area contributed by atoms with Gasteiger partial charge >= 0.3 is 12.1 Å². The van der Waals surface area contributed by atoms with Crippen LogP contribution in [-0.2, 0) is 24.8 Å². The van der Waals surface area contributed by atoms with Crippen LogP contribution in [0.1, 0.15) is 34.6 Å². The number of benzene rings is 2. The van der Waals surface area contributed by atoms with Crippen molar-refractivity contribution < 1.29 is 27.5 Å². The van der Waals surface area contributed by atoms with Gasteiger partial charge in [-0.15, -0.1) is 0 Å². The van der Waals surface area contributed by atoms with Crippen molar-refractivity contribution in [2.75, 3.05) is 6.54 Å². The van der Waals surface area contributed by atoms with Crippen LogP contribution in [0.3, 0.4) is 0 Å². The van der Waals surface area contributed by atoms with Gasteiger partial charge in [-0.05, 0) is 69.0 Å². The zero-order valence-corrected chi connectivity index (χ0v) is 20.7. The monoisotopic (exact) mass is 501 g/mol. The zero-order valence-electron chi connectivity index (χ0n) is 20.7. The van der Waals surface area contributed by atoms with E-state index in [0.29, 0.717) is 0 Å². The summed E-state index contributed by atoms with van der Waals surface area (Å²) in [6, 6.07) is 15.0. The molecule has 0 fully saturated rings. The molecule has 4 aromatic rings. The van der Waals surface area contributed by atoms with Crippen molar-refractivity contribution in [3.05, 3.63) is 76.9 Å². The number of nitrogens with one attached hydrogen (secondary N) is 1. The van der Waals surface area contributed by atoms with E-state index >= 15 is 0 Å². The van der Waals surface area contributed by atoms with Crippen LogP contribution < -0.4 is 5.32 Å². The zero-order chi connectivity index (χ0) is 26.5. The maximum Gasteiger partial charge on any atom is 0.490 e. The van der Waals surface area contributed by atoms with Gasteiger partial charge in [0, 0.05) is 23.7 Å². The van der Waals surface area contributed by atoms with Gasteiger partial charge in [0.15, 0.2) is 0 Å². The maximum atomic E-state index is 10.6. The van der Waals surface area contributed by atoms with Gasteiger partial charge in [-0.25, -0.2) is 4.79 Å². The lowest BCUT2D eigenvalue weighted by molar-refractivity contribution is -0.192. The summed E-state index contributed by atoms with van der Waals surface area (Å²) in [6.45, 7) is 8.27. The fraction of sp³-hybridized carbons (Fsp3) is 0.333. The van der Waals surface area contributed by atoms with E-state index in [-0.39, 0.29) is 0 Å². The highest BCUT2D eigenvalue weighted by atomic mass is 19.4. The number of carbonyl (C=O) groups is 1. The molecule has 0 aliphatic heterocycles. The molecule has 2 aromatic carbocycles. The SMILES string of the molecule is Cc1cc(C)c(-c2cccc3c(CCCNCc4ccco4)n(C)nc23)c(C)c1.O=C(O)C(F)(F)F. The van der Waals surface area contributed by atoms with Gasteiger partial charge < -0.3 is 14.8 Å². The Balaban J connectivity index is 0.000000454. The van der Waals surface area contributed by atoms with Gasteiger partial charge in [0.05, 0.1) is 12.8 Å². The summed E-state index contributed by atoms with van der Waals surface area (Å²) >= 11 is 0. The van der Waals surface area contributed by atoms with Crippen LogP contribution in [-0.4, -0.2) is 33.6 Å². The summed E-state index contributed by atoms with van der Waals surface area (Å²) in [5.74, 6) is -1.78. The Morgan fingerprint density at radius 2 is 1.78 bits per heavy atom. The lowest BCUT2D eigenvalue weighted by Crippen LogP contribution is -2.21. The molecule has 2 aromatic heterocycles. The molecule has 6 nitrogen and oxygen atoms in total. The van der Waals surface area contributed by atoms with Crippen LogP contribution in [0.2, 0.25) is 0 Å². The maximum absolute atomic E-state index is 10.6. The molecule has 9 heteroatoms. The Hall–Kier alpha value is -3.59. The number of fused-ring (bicyclic) bond motifs is 1. The third-order valence-corrected chi connectivity index (χ3v) is 5.82. The van der Waals surface area contributed by atoms with Crippen molar-refractivity contribution in [2.45, 2.75) is 46.3 Å². The predicted molar refractivity (Wildman–Crippen MR) is 133 cm³/mol. The number of carboxylic acids is 1. The number of nitrogens with zero attached hydrogens (tertiary/aromatic N) is 2. The molecule has 0 bridgehead atoms. The second kappa shape index (κ2) is 11.4. The number of rotatable bonds is 7. The average molecular weight is 502 g/mol. The minimum atomic E-state index is -5.08. The van der Waals surface area contributed by atoms with Crippen LogP contribution >= 0.6 is 0 Å². The van der Waals surface area contributed by atoms with Crippen LogP contribution in [0, 0.1) is 20.8 Å². The van der Waals surface area contributed by atoms with Crippen LogP contribution in [0.25, 0.3) is 22.0 Å². The molecule has 0 aliphatic rings. The van der Waals surface area contributed by atoms with E-state index in [1.165, 1.54) is 38.9 Å². The number of alkyl halides is 3. The normalized spacial score (nSPS) is 11.4. The lowest BCUT2D eigenvalue weighted by Gasteiger charge is -2.12. The van der Waals surface area contributed by atoms with Crippen LogP contribution in [0.15, 0.2) is 53.1 Å². The van der Waals surface area contributed by atoms with E-state index in [4.69, 9.17) is 19.4 Å². The fourth-order valence-corrected chi connectivity index (χ4v) is 4.38. The summed E-state index contributed by atoms with van der Waals surface area (Å²) < 4.78 is 39.2. The Labute approximate surface area is 207 Å². The molecule has 2 heterocycles. The largest absolute Gasteiger partial charge is 0.490 e. The first-order chi connectivity index (χ1) is 17.0. The Morgan fingerprint density at radius 1 is 1.11 bits per heavy atom. The standard InChI is InChI=1S/C25H29N3O.C2HF3O2/c1-17-14-18(2)24(19(3)15-17)22-10-5-9-21-23(28(4)27-25(21)22)11-6-12-26-16-20-8-7-13-29-20;3-2(4,5)1(6)7/h5,7-10,13-15,26H,6,11-12,16H2,1-4H3;(H,6,7). The first kappa shape index (κ1) is 27.0. The predicted octanol–water partition coefficient (Wildman–Crippen LogP) is 6.11. The average Bonchev–Trinajstić information content (AvgIpc) is 3.41. The van der Waals surface area contributed by atoms with Crippen molar-refractivity contribution in [2.24, 2.45) is 7.05 Å².